The van der Waals surface area contributed by atoms with Crippen LogP contribution in [-0.2, 0) is 11.2 Å². The molecule has 1 saturated carbocycles. The highest BCUT2D eigenvalue weighted by molar-refractivity contribution is 8.00. The third-order valence-electron chi connectivity index (χ3n) is 6.14. The van der Waals surface area contributed by atoms with Crippen molar-refractivity contribution < 1.29 is 22.8 Å². The number of amides is 2. The van der Waals surface area contributed by atoms with Crippen molar-refractivity contribution in [3.8, 4) is 0 Å². The fraction of sp³-hybridized carbons (Fsp3) is 0.417. The number of para-hydroxylation sites is 1. The summed E-state index contributed by atoms with van der Waals surface area (Å²) >= 11 is 1.28. The predicted octanol–water partition coefficient (Wildman–Crippen LogP) is 5.22. The molecular weight excluding hydrogens is 437 g/mol. The quantitative estimate of drug-likeness (QED) is 0.620. The predicted molar refractivity (Wildman–Crippen MR) is 119 cm³/mol. The van der Waals surface area contributed by atoms with Crippen LogP contribution in [0.4, 0.5) is 18.9 Å². The van der Waals surface area contributed by atoms with Gasteiger partial charge in [0.1, 0.15) is 0 Å². The minimum absolute atomic E-state index is 0.0320. The van der Waals surface area contributed by atoms with Gasteiger partial charge in [-0.1, -0.05) is 36.8 Å². The molecule has 2 unspecified atom stereocenters. The molecule has 1 aliphatic carbocycles. The molecular formula is C24H25F3N2O2S. The van der Waals surface area contributed by atoms with E-state index in [-0.39, 0.29) is 30.4 Å². The van der Waals surface area contributed by atoms with Crippen LogP contribution < -0.4 is 10.2 Å². The fourth-order valence-corrected chi connectivity index (χ4v) is 5.40. The van der Waals surface area contributed by atoms with Gasteiger partial charge in [-0.2, -0.15) is 13.2 Å². The van der Waals surface area contributed by atoms with Gasteiger partial charge < -0.3 is 10.2 Å². The first kappa shape index (κ1) is 22.7. The summed E-state index contributed by atoms with van der Waals surface area (Å²) in [7, 11) is 0. The van der Waals surface area contributed by atoms with Gasteiger partial charge in [-0.25, -0.2) is 0 Å². The van der Waals surface area contributed by atoms with Crippen LogP contribution in [-0.4, -0.2) is 36.3 Å². The Labute approximate surface area is 189 Å². The number of hydrogen-bond donors (Lipinski definition) is 1. The molecule has 2 aromatic carbocycles. The molecule has 0 radical (unpaired) electrons. The van der Waals surface area contributed by atoms with Gasteiger partial charge in [-0.15, -0.1) is 11.8 Å². The molecule has 2 aliphatic rings. The highest BCUT2D eigenvalue weighted by Gasteiger charge is 2.42. The van der Waals surface area contributed by atoms with E-state index in [2.05, 4.69) is 5.32 Å². The molecule has 1 N–H and O–H groups in total. The van der Waals surface area contributed by atoms with Crippen LogP contribution >= 0.6 is 11.8 Å². The number of benzene rings is 2. The molecule has 8 heteroatoms. The Bertz CT molecular complexity index is 995. The van der Waals surface area contributed by atoms with E-state index in [0.717, 1.165) is 17.7 Å². The molecule has 4 rings (SSSR count). The number of alkyl halides is 3. The van der Waals surface area contributed by atoms with E-state index in [1.54, 1.807) is 29.2 Å². The maximum atomic E-state index is 13.1. The molecule has 32 heavy (non-hydrogen) atoms. The van der Waals surface area contributed by atoms with Crippen molar-refractivity contribution >= 4 is 29.3 Å². The second-order valence-corrected chi connectivity index (χ2v) is 9.30. The second kappa shape index (κ2) is 9.57. The van der Waals surface area contributed by atoms with Crippen molar-refractivity contribution in [3.63, 3.8) is 0 Å². The first-order valence-electron chi connectivity index (χ1n) is 10.8. The van der Waals surface area contributed by atoms with E-state index >= 15 is 0 Å². The molecule has 2 aromatic rings. The van der Waals surface area contributed by atoms with Gasteiger partial charge in [-0.3, -0.25) is 9.59 Å². The molecule has 1 aliphatic heterocycles. The smallest absolute Gasteiger partial charge is 0.349 e. The van der Waals surface area contributed by atoms with Gasteiger partial charge in [0.15, 0.2) is 0 Å². The molecule has 1 heterocycles. The molecule has 0 bridgehead atoms. The third-order valence-corrected chi connectivity index (χ3v) is 7.20. The van der Waals surface area contributed by atoms with Crippen LogP contribution in [0.25, 0.3) is 0 Å². The molecule has 170 valence electrons. The zero-order valence-corrected chi connectivity index (χ0v) is 18.3. The van der Waals surface area contributed by atoms with Crippen LogP contribution in [0.15, 0.2) is 53.4 Å². The Morgan fingerprint density at radius 1 is 1.06 bits per heavy atom. The van der Waals surface area contributed by atoms with Gasteiger partial charge in [0.25, 0.3) is 5.91 Å². The number of fused-ring (bicyclic) bond motifs is 1. The fourth-order valence-electron chi connectivity index (χ4n) is 4.48. The van der Waals surface area contributed by atoms with Crippen molar-refractivity contribution in [2.45, 2.75) is 49.2 Å². The number of rotatable bonds is 5. The van der Waals surface area contributed by atoms with Crippen molar-refractivity contribution in [1.82, 2.24) is 5.32 Å². The number of nitrogens with zero attached hydrogens (tertiary/aromatic N) is 1. The van der Waals surface area contributed by atoms with Crippen LogP contribution in [0.5, 0.6) is 0 Å². The molecule has 2 amide bonds. The second-order valence-electron chi connectivity index (χ2n) is 8.28. The average molecular weight is 463 g/mol. The van der Waals surface area contributed by atoms with Gasteiger partial charge in [0, 0.05) is 23.2 Å². The van der Waals surface area contributed by atoms with E-state index in [9.17, 15) is 22.8 Å². The SMILES string of the molecule is O=C(NC1CCCC(C(F)(F)F)C1)c1ccccc1SCC(=O)N1CCc2ccccc21. The lowest BCUT2D eigenvalue weighted by atomic mass is 9.85. The number of anilines is 1. The van der Waals surface area contributed by atoms with Crippen molar-refractivity contribution in [2.75, 3.05) is 17.2 Å². The molecule has 4 nitrogen and oxygen atoms in total. The lowest BCUT2D eigenvalue weighted by Gasteiger charge is -2.31. The van der Waals surface area contributed by atoms with Gasteiger partial charge >= 0.3 is 6.18 Å². The van der Waals surface area contributed by atoms with E-state index < -0.39 is 18.1 Å². The van der Waals surface area contributed by atoms with Crippen LogP contribution in [0, 0.1) is 5.92 Å². The summed E-state index contributed by atoms with van der Waals surface area (Å²) in [5.41, 5.74) is 2.47. The highest BCUT2D eigenvalue weighted by Crippen LogP contribution is 2.37. The lowest BCUT2D eigenvalue weighted by Crippen LogP contribution is -2.41. The van der Waals surface area contributed by atoms with Gasteiger partial charge in [0.2, 0.25) is 5.91 Å². The largest absolute Gasteiger partial charge is 0.391 e. The van der Waals surface area contributed by atoms with Gasteiger partial charge in [0.05, 0.1) is 17.2 Å². The van der Waals surface area contributed by atoms with Crippen LogP contribution in [0.1, 0.15) is 41.6 Å². The summed E-state index contributed by atoms with van der Waals surface area (Å²) in [5, 5.41) is 2.79. The van der Waals surface area contributed by atoms with E-state index in [4.69, 9.17) is 0 Å². The summed E-state index contributed by atoms with van der Waals surface area (Å²) in [6.07, 6.45) is -2.39. The van der Waals surface area contributed by atoms with Gasteiger partial charge in [-0.05, 0) is 49.4 Å². The zero-order chi connectivity index (χ0) is 22.7. The van der Waals surface area contributed by atoms with Crippen molar-refractivity contribution in [3.05, 3.63) is 59.7 Å². The lowest BCUT2D eigenvalue weighted by molar-refractivity contribution is -0.183. The summed E-state index contributed by atoms with van der Waals surface area (Å²) in [6, 6.07) is 14.2. The standard InChI is InChI=1S/C24H25F3N2O2S/c25-24(26,27)17-7-5-8-18(14-17)28-23(31)19-9-2-4-11-21(19)32-15-22(30)29-13-12-16-6-1-3-10-20(16)29/h1-4,6,9-11,17-18H,5,7-8,12-15H2,(H,28,31). The Morgan fingerprint density at radius 3 is 2.62 bits per heavy atom. The molecule has 1 fully saturated rings. The Hall–Kier alpha value is -2.48. The van der Waals surface area contributed by atoms with E-state index in [0.29, 0.717) is 29.8 Å². The molecule has 0 aromatic heterocycles. The number of nitrogens with one attached hydrogen (secondary N) is 1. The number of carbonyl (C=O) groups is 2. The highest BCUT2D eigenvalue weighted by atomic mass is 32.2. The first-order valence-corrected chi connectivity index (χ1v) is 11.8. The van der Waals surface area contributed by atoms with Crippen molar-refractivity contribution in [2.24, 2.45) is 5.92 Å². The minimum Gasteiger partial charge on any atom is -0.349 e. The maximum Gasteiger partial charge on any atom is 0.391 e. The minimum atomic E-state index is -4.23. The summed E-state index contributed by atoms with van der Waals surface area (Å²) in [6.45, 7) is 0.642. The average Bonchev–Trinajstić information content (AvgIpc) is 3.21. The third kappa shape index (κ3) is 5.11. The number of carbonyl (C=O) groups excluding carboxylic acids is 2. The molecule has 0 spiro atoms. The number of halogens is 3. The first-order chi connectivity index (χ1) is 15.3. The maximum absolute atomic E-state index is 13.1. The Morgan fingerprint density at radius 2 is 1.81 bits per heavy atom. The zero-order valence-electron chi connectivity index (χ0n) is 17.5. The molecule has 2 atom stereocenters. The topological polar surface area (TPSA) is 49.4 Å². The van der Waals surface area contributed by atoms with Crippen LogP contribution in [0.3, 0.4) is 0 Å². The molecule has 0 saturated heterocycles. The van der Waals surface area contributed by atoms with E-state index in [1.165, 1.54) is 11.8 Å². The van der Waals surface area contributed by atoms with E-state index in [1.807, 2.05) is 24.3 Å². The summed E-state index contributed by atoms with van der Waals surface area (Å²) in [4.78, 5) is 28.1. The van der Waals surface area contributed by atoms with Crippen LogP contribution in [0.2, 0.25) is 0 Å². The number of hydrogen-bond acceptors (Lipinski definition) is 3. The van der Waals surface area contributed by atoms with Crippen molar-refractivity contribution in [1.29, 1.82) is 0 Å². The summed E-state index contributed by atoms with van der Waals surface area (Å²) < 4.78 is 39.3. The normalized spacial score (nSPS) is 20.7. The summed E-state index contributed by atoms with van der Waals surface area (Å²) in [5.74, 6) is -1.61. The number of thioether (sulfide) groups is 1. The Kier molecular flexibility index (Phi) is 6.79. The monoisotopic (exact) mass is 462 g/mol. The Balaban J connectivity index is 1.39.